The third-order valence-corrected chi connectivity index (χ3v) is 5.29. The number of benzene rings is 1. The van der Waals surface area contributed by atoms with E-state index in [0.29, 0.717) is 5.92 Å². The van der Waals surface area contributed by atoms with E-state index in [9.17, 15) is 0 Å². The molecular weight excluding hydrogens is 310 g/mol. The molecule has 120 valence electrons. The van der Waals surface area contributed by atoms with E-state index in [1.54, 1.807) is 0 Å². The molecule has 1 aliphatic carbocycles. The van der Waals surface area contributed by atoms with E-state index in [0.717, 1.165) is 54.4 Å². The molecule has 1 atom stereocenters. The van der Waals surface area contributed by atoms with Crippen LogP contribution in [0.5, 0.6) is 0 Å². The van der Waals surface area contributed by atoms with Crippen LogP contribution in [0, 0.1) is 5.92 Å². The van der Waals surface area contributed by atoms with E-state index >= 15 is 0 Å². The summed E-state index contributed by atoms with van der Waals surface area (Å²) < 4.78 is 5.43. The van der Waals surface area contributed by atoms with Crippen molar-refractivity contribution >= 4 is 28.4 Å². The van der Waals surface area contributed by atoms with Gasteiger partial charge in [-0.15, -0.1) is 0 Å². The standard InChI is InChI=1S/C18H20ClN3O/c1-13-5-4-7-15(17(13)19)21-9-11-22(12-10-21)18-14-6-2-3-8-16(14)23-20-18/h2-4,6-8,13H,5,9-12H2,1H3. The summed E-state index contributed by atoms with van der Waals surface area (Å²) in [4.78, 5) is 4.68. The third-order valence-electron chi connectivity index (χ3n) is 4.72. The SMILES string of the molecule is CC1CC=CC(N2CCN(c3noc4ccccc34)CC2)=C1Cl. The molecule has 4 rings (SSSR count). The Morgan fingerprint density at radius 3 is 2.70 bits per heavy atom. The fourth-order valence-electron chi connectivity index (χ4n) is 3.34. The highest BCUT2D eigenvalue weighted by molar-refractivity contribution is 6.30. The Morgan fingerprint density at radius 1 is 1.13 bits per heavy atom. The lowest BCUT2D eigenvalue weighted by Gasteiger charge is -2.38. The molecule has 1 aliphatic heterocycles. The van der Waals surface area contributed by atoms with Gasteiger partial charge in [0.15, 0.2) is 11.4 Å². The summed E-state index contributed by atoms with van der Waals surface area (Å²) in [5, 5.41) is 6.34. The number of rotatable bonds is 2. The van der Waals surface area contributed by atoms with Gasteiger partial charge in [-0.1, -0.05) is 41.9 Å². The predicted octanol–water partition coefficient (Wildman–Crippen LogP) is 4.00. The van der Waals surface area contributed by atoms with Crippen molar-refractivity contribution in [3.05, 3.63) is 47.1 Å². The second-order valence-corrected chi connectivity index (χ2v) is 6.66. The topological polar surface area (TPSA) is 32.5 Å². The van der Waals surface area contributed by atoms with Gasteiger partial charge in [0.1, 0.15) is 0 Å². The zero-order chi connectivity index (χ0) is 15.8. The molecule has 1 saturated heterocycles. The zero-order valence-corrected chi connectivity index (χ0v) is 14.0. The summed E-state index contributed by atoms with van der Waals surface area (Å²) in [6, 6.07) is 8.03. The summed E-state index contributed by atoms with van der Waals surface area (Å²) in [7, 11) is 0. The van der Waals surface area contributed by atoms with Crippen molar-refractivity contribution in [2.45, 2.75) is 13.3 Å². The monoisotopic (exact) mass is 329 g/mol. The van der Waals surface area contributed by atoms with Gasteiger partial charge >= 0.3 is 0 Å². The van der Waals surface area contributed by atoms with E-state index in [-0.39, 0.29) is 0 Å². The van der Waals surface area contributed by atoms with Crippen molar-refractivity contribution in [3.8, 4) is 0 Å². The van der Waals surface area contributed by atoms with Crippen molar-refractivity contribution in [1.82, 2.24) is 10.1 Å². The van der Waals surface area contributed by atoms with Gasteiger partial charge in [-0.2, -0.15) is 0 Å². The lowest BCUT2D eigenvalue weighted by atomic mass is 10.00. The van der Waals surface area contributed by atoms with E-state index in [1.165, 1.54) is 5.70 Å². The molecule has 0 saturated carbocycles. The minimum absolute atomic E-state index is 0.425. The number of hydrogen-bond acceptors (Lipinski definition) is 4. The number of nitrogens with zero attached hydrogens (tertiary/aromatic N) is 3. The normalized spacial score (nSPS) is 22.3. The number of aromatic nitrogens is 1. The quantitative estimate of drug-likeness (QED) is 0.833. The molecule has 2 heterocycles. The number of anilines is 1. The van der Waals surface area contributed by atoms with Crippen LogP contribution in [0.15, 0.2) is 51.7 Å². The number of allylic oxidation sites excluding steroid dienone is 3. The molecule has 0 N–H and O–H groups in total. The van der Waals surface area contributed by atoms with Crippen molar-refractivity contribution in [3.63, 3.8) is 0 Å². The Bertz CT molecular complexity index is 771. The molecule has 1 unspecified atom stereocenters. The summed E-state index contributed by atoms with van der Waals surface area (Å²) in [5.41, 5.74) is 2.04. The molecule has 2 aliphatic rings. The van der Waals surface area contributed by atoms with Crippen molar-refractivity contribution in [1.29, 1.82) is 0 Å². The van der Waals surface area contributed by atoms with Gasteiger partial charge in [0.2, 0.25) is 0 Å². The van der Waals surface area contributed by atoms with Crippen LogP contribution in [-0.2, 0) is 0 Å². The number of hydrogen-bond donors (Lipinski definition) is 0. The van der Waals surface area contributed by atoms with E-state index < -0.39 is 0 Å². The molecule has 0 bridgehead atoms. The molecule has 4 nitrogen and oxygen atoms in total. The number of fused-ring (bicyclic) bond motifs is 1. The molecule has 2 aromatic rings. The Labute approximate surface area is 141 Å². The second-order valence-electron chi connectivity index (χ2n) is 6.25. The summed E-state index contributed by atoms with van der Waals surface area (Å²) in [6.45, 7) is 5.93. The van der Waals surface area contributed by atoms with Crippen LogP contribution in [-0.4, -0.2) is 36.2 Å². The molecule has 1 aromatic carbocycles. The minimum atomic E-state index is 0.425. The first-order valence-corrected chi connectivity index (χ1v) is 8.52. The van der Waals surface area contributed by atoms with Gasteiger partial charge in [0.05, 0.1) is 11.1 Å². The fraction of sp³-hybridized carbons (Fsp3) is 0.389. The van der Waals surface area contributed by atoms with Crippen LogP contribution < -0.4 is 4.90 Å². The average Bonchev–Trinajstić information content (AvgIpc) is 3.02. The van der Waals surface area contributed by atoms with Gasteiger partial charge in [-0.05, 0) is 30.5 Å². The summed E-state index contributed by atoms with van der Waals surface area (Å²) in [6.07, 6.45) is 5.43. The first kappa shape index (κ1) is 14.6. The highest BCUT2D eigenvalue weighted by atomic mass is 35.5. The first-order chi connectivity index (χ1) is 11.2. The van der Waals surface area contributed by atoms with E-state index in [4.69, 9.17) is 16.1 Å². The van der Waals surface area contributed by atoms with E-state index in [1.807, 2.05) is 18.2 Å². The first-order valence-electron chi connectivity index (χ1n) is 8.14. The molecule has 0 spiro atoms. The van der Waals surface area contributed by atoms with Gasteiger partial charge in [-0.3, -0.25) is 0 Å². The predicted molar refractivity (Wildman–Crippen MR) is 93.6 cm³/mol. The van der Waals surface area contributed by atoms with Crippen molar-refractivity contribution in [2.75, 3.05) is 31.1 Å². The minimum Gasteiger partial charge on any atom is -0.367 e. The van der Waals surface area contributed by atoms with Crippen LogP contribution in [0.3, 0.4) is 0 Å². The Balaban J connectivity index is 1.51. The van der Waals surface area contributed by atoms with Crippen LogP contribution in [0.2, 0.25) is 0 Å². The molecular formula is C18H20ClN3O. The highest BCUT2D eigenvalue weighted by Crippen LogP contribution is 2.32. The number of piperazine rings is 1. The Kier molecular flexibility index (Phi) is 3.77. The Morgan fingerprint density at radius 2 is 1.87 bits per heavy atom. The van der Waals surface area contributed by atoms with Crippen LogP contribution >= 0.6 is 11.6 Å². The molecule has 5 heteroatoms. The van der Waals surface area contributed by atoms with Gasteiger partial charge in [0.25, 0.3) is 0 Å². The maximum absolute atomic E-state index is 6.53. The van der Waals surface area contributed by atoms with Gasteiger partial charge in [0, 0.05) is 31.2 Å². The smallest absolute Gasteiger partial charge is 0.180 e. The molecule has 0 radical (unpaired) electrons. The lowest BCUT2D eigenvalue weighted by molar-refractivity contribution is 0.322. The second kappa shape index (κ2) is 5.93. The van der Waals surface area contributed by atoms with Crippen molar-refractivity contribution in [2.24, 2.45) is 5.92 Å². The average molecular weight is 330 g/mol. The number of halogens is 1. The maximum Gasteiger partial charge on any atom is 0.180 e. The zero-order valence-electron chi connectivity index (χ0n) is 13.2. The summed E-state index contributed by atoms with van der Waals surface area (Å²) >= 11 is 6.53. The summed E-state index contributed by atoms with van der Waals surface area (Å²) in [5.74, 6) is 1.38. The molecule has 1 fully saturated rings. The highest BCUT2D eigenvalue weighted by Gasteiger charge is 2.25. The molecule has 23 heavy (non-hydrogen) atoms. The van der Waals surface area contributed by atoms with Crippen LogP contribution in [0.25, 0.3) is 11.0 Å². The Hall–Kier alpha value is -1.94. The van der Waals surface area contributed by atoms with Crippen molar-refractivity contribution < 1.29 is 4.52 Å². The largest absolute Gasteiger partial charge is 0.367 e. The third kappa shape index (κ3) is 2.61. The van der Waals surface area contributed by atoms with E-state index in [2.05, 4.69) is 40.1 Å². The molecule has 1 aromatic heterocycles. The maximum atomic E-state index is 6.53. The molecule has 0 amide bonds. The van der Waals surface area contributed by atoms with Crippen LogP contribution in [0.1, 0.15) is 13.3 Å². The van der Waals surface area contributed by atoms with Gasteiger partial charge < -0.3 is 14.3 Å². The van der Waals surface area contributed by atoms with Crippen LogP contribution in [0.4, 0.5) is 5.82 Å². The lowest BCUT2D eigenvalue weighted by Crippen LogP contribution is -2.46. The number of para-hydroxylation sites is 1. The fourth-order valence-corrected chi connectivity index (χ4v) is 3.61. The van der Waals surface area contributed by atoms with Gasteiger partial charge in [-0.25, -0.2) is 0 Å².